The molecule has 20 heavy (non-hydrogen) atoms. The van der Waals surface area contributed by atoms with E-state index in [1.165, 1.54) is 0 Å². The molecule has 0 heterocycles. The Kier molecular flexibility index (Phi) is 7.52. The molecule has 0 aliphatic heterocycles. The Morgan fingerprint density at radius 2 is 1.85 bits per heavy atom. The van der Waals surface area contributed by atoms with Gasteiger partial charge in [-0.15, -0.1) is 0 Å². The largest absolute Gasteiger partial charge is 0.341 e. The number of likely N-dealkylation sites (N-methyl/N-ethyl adjacent to an activating group) is 1. The maximum atomic E-state index is 12.7. The van der Waals surface area contributed by atoms with Crippen molar-refractivity contribution >= 4 is 5.91 Å². The molecule has 1 saturated carbocycles. The second kappa shape index (κ2) is 8.63. The van der Waals surface area contributed by atoms with Crippen molar-refractivity contribution in [3.8, 4) is 0 Å². The summed E-state index contributed by atoms with van der Waals surface area (Å²) in [5, 5.41) is 0. The minimum absolute atomic E-state index is 0.0606. The SMILES string of the molecule is CCN(CC)CCN(CC(C)C)C(=O)C1CCCC1N. The van der Waals surface area contributed by atoms with E-state index in [9.17, 15) is 4.79 Å². The van der Waals surface area contributed by atoms with Gasteiger partial charge in [0.05, 0.1) is 5.92 Å². The number of carbonyl (C=O) groups excluding carboxylic acids is 1. The Labute approximate surface area is 124 Å². The van der Waals surface area contributed by atoms with Crippen molar-refractivity contribution in [3.05, 3.63) is 0 Å². The highest BCUT2D eigenvalue weighted by Crippen LogP contribution is 2.26. The topological polar surface area (TPSA) is 49.6 Å². The van der Waals surface area contributed by atoms with Crippen molar-refractivity contribution in [2.24, 2.45) is 17.6 Å². The van der Waals surface area contributed by atoms with Crippen molar-refractivity contribution in [3.63, 3.8) is 0 Å². The fourth-order valence-corrected chi connectivity index (χ4v) is 3.06. The number of nitrogens with two attached hydrogens (primary N) is 1. The van der Waals surface area contributed by atoms with Crippen LogP contribution in [0.25, 0.3) is 0 Å². The van der Waals surface area contributed by atoms with E-state index in [0.29, 0.717) is 5.92 Å². The van der Waals surface area contributed by atoms with E-state index >= 15 is 0 Å². The first kappa shape index (κ1) is 17.4. The van der Waals surface area contributed by atoms with Gasteiger partial charge in [-0.2, -0.15) is 0 Å². The van der Waals surface area contributed by atoms with Gasteiger partial charge in [0.2, 0.25) is 5.91 Å². The van der Waals surface area contributed by atoms with Crippen LogP contribution in [0.4, 0.5) is 0 Å². The van der Waals surface area contributed by atoms with Gasteiger partial charge in [0.25, 0.3) is 0 Å². The van der Waals surface area contributed by atoms with Crippen LogP contribution in [0.15, 0.2) is 0 Å². The van der Waals surface area contributed by atoms with Gasteiger partial charge < -0.3 is 15.5 Å². The van der Waals surface area contributed by atoms with Crippen LogP contribution in [0.3, 0.4) is 0 Å². The maximum Gasteiger partial charge on any atom is 0.227 e. The Bertz CT molecular complexity index is 289. The summed E-state index contributed by atoms with van der Waals surface area (Å²) in [5.74, 6) is 0.856. The molecule has 2 atom stereocenters. The van der Waals surface area contributed by atoms with Gasteiger partial charge in [0.15, 0.2) is 0 Å². The average Bonchev–Trinajstić information content (AvgIpc) is 2.83. The molecule has 0 aromatic heterocycles. The van der Waals surface area contributed by atoms with Crippen LogP contribution in [0.5, 0.6) is 0 Å². The summed E-state index contributed by atoms with van der Waals surface area (Å²) in [4.78, 5) is 17.1. The van der Waals surface area contributed by atoms with E-state index in [2.05, 4.69) is 37.5 Å². The highest BCUT2D eigenvalue weighted by molar-refractivity contribution is 5.80. The lowest BCUT2D eigenvalue weighted by atomic mass is 10.0. The molecule has 0 aromatic rings. The predicted octanol–water partition coefficient (Wildman–Crippen LogP) is 1.94. The minimum Gasteiger partial charge on any atom is -0.341 e. The lowest BCUT2D eigenvalue weighted by Crippen LogP contribution is -2.46. The van der Waals surface area contributed by atoms with Gasteiger partial charge in [0, 0.05) is 25.7 Å². The average molecular weight is 283 g/mol. The Morgan fingerprint density at radius 3 is 2.30 bits per heavy atom. The molecule has 1 rings (SSSR count). The summed E-state index contributed by atoms with van der Waals surface area (Å²) in [6.45, 7) is 13.4. The van der Waals surface area contributed by atoms with Crippen LogP contribution in [-0.2, 0) is 4.79 Å². The monoisotopic (exact) mass is 283 g/mol. The van der Waals surface area contributed by atoms with Gasteiger partial charge >= 0.3 is 0 Å². The zero-order valence-corrected chi connectivity index (χ0v) is 13.8. The van der Waals surface area contributed by atoms with E-state index in [-0.39, 0.29) is 17.9 Å². The molecule has 1 aliphatic rings. The number of hydrogen-bond acceptors (Lipinski definition) is 3. The van der Waals surface area contributed by atoms with E-state index in [0.717, 1.165) is 52.0 Å². The molecule has 4 heteroatoms. The Hall–Kier alpha value is -0.610. The summed E-state index contributed by atoms with van der Waals surface area (Å²) in [5.41, 5.74) is 6.10. The first-order chi connectivity index (χ1) is 9.49. The maximum absolute atomic E-state index is 12.7. The fourth-order valence-electron chi connectivity index (χ4n) is 3.06. The van der Waals surface area contributed by atoms with Crippen LogP contribution < -0.4 is 5.73 Å². The molecule has 0 saturated heterocycles. The zero-order valence-electron chi connectivity index (χ0n) is 13.8. The summed E-state index contributed by atoms with van der Waals surface area (Å²) in [6, 6.07) is 0.0746. The molecule has 2 unspecified atom stereocenters. The van der Waals surface area contributed by atoms with Gasteiger partial charge in [-0.3, -0.25) is 4.79 Å². The number of hydrogen-bond donors (Lipinski definition) is 1. The van der Waals surface area contributed by atoms with Crippen LogP contribution in [0.1, 0.15) is 47.0 Å². The van der Waals surface area contributed by atoms with E-state index < -0.39 is 0 Å². The van der Waals surface area contributed by atoms with Crippen molar-refractivity contribution < 1.29 is 4.79 Å². The number of amides is 1. The second-order valence-corrected chi connectivity index (χ2v) is 6.41. The van der Waals surface area contributed by atoms with E-state index in [1.54, 1.807) is 0 Å². The van der Waals surface area contributed by atoms with Crippen LogP contribution in [0.2, 0.25) is 0 Å². The van der Waals surface area contributed by atoms with Crippen molar-refractivity contribution in [2.45, 2.75) is 53.0 Å². The summed E-state index contributed by atoms with van der Waals surface area (Å²) >= 11 is 0. The standard InChI is InChI=1S/C16H33N3O/c1-5-18(6-2)10-11-19(12-13(3)4)16(20)14-8-7-9-15(14)17/h13-15H,5-12,17H2,1-4H3. The van der Waals surface area contributed by atoms with Crippen molar-refractivity contribution in [1.29, 1.82) is 0 Å². The minimum atomic E-state index is 0.0606. The predicted molar refractivity (Wildman–Crippen MR) is 84.5 cm³/mol. The molecule has 2 N–H and O–H groups in total. The van der Waals surface area contributed by atoms with Gasteiger partial charge in [-0.25, -0.2) is 0 Å². The van der Waals surface area contributed by atoms with Crippen LogP contribution >= 0.6 is 0 Å². The summed E-state index contributed by atoms with van der Waals surface area (Å²) in [7, 11) is 0. The number of carbonyl (C=O) groups is 1. The third-order valence-corrected chi connectivity index (χ3v) is 4.36. The van der Waals surface area contributed by atoms with Crippen molar-refractivity contribution in [1.82, 2.24) is 9.80 Å². The smallest absolute Gasteiger partial charge is 0.227 e. The first-order valence-corrected chi connectivity index (χ1v) is 8.26. The van der Waals surface area contributed by atoms with Crippen LogP contribution in [-0.4, -0.2) is 54.5 Å². The van der Waals surface area contributed by atoms with E-state index in [4.69, 9.17) is 5.73 Å². The van der Waals surface area contributed by atoms with Crippen molar-refractivity contribution in [2.75, 3.05) is 32.7 Å². The Balaban J connectivity index is 2.60. The first-order valence-electron chi connectivity index (χ1n) is 8.26. The Morgan fingerprint density at radius 1 is 1.20 bits per heavy atom. The lowest BCUT2D eigenvalue weighted by Gasteiger charge is -2.31. The molecule has 1 amide bonds. The van der Waals surface area contributed by atoms with Gasteiger partial charge in [-0.1, -0.05) is 34.1 Å². The second-order valence-electron chi connectivity index (χ2n) is 6.41. The molecular formula is C16H33N3O. The van der Waals surface area contributed by atoms with Gasteiger partial charge in [0.1, 0.15) is 0 Å². The molecule has 1 fully saturated rings. The van der Waals surface area contributed by atoms with E-state index in [1.807, 2.05) is 0 Å². The highest BCUT2D eigenvalue weighted by atomic mass is 16.2. The summed E-state index contributed by atoms with van der Waals surface area (Å²) < 4.78 is 0. The molecule has 0 aromatic carbocycles. The number of nitrogens with zero attached hydrogens (tertiary/aromatic N) is 2. The molecule has 0 radical (unpaired) electrons. The fraction of sp³-hybridized carbons (Fsp3) is 0.938. The molecule has 0 bridgehead atoms. The number of rotatable bonds is 8. The third-order valence-electron chi connectivity index (χ3n) is 4.36. The normalized spacial score (nSPS) is 22.8. The quantitative estimate of drug-likeness (QED) is 0.740. The summed E-state index contributed by atoms with van der Waals surface area (Å²) in [6.07, 6.45) is 3.07. The molecule has 4 nitrogen and oxygen atoms in total. The highest BCUT2D eigenvalue weighted by Gasteiger charge is 2.33. The molecule has 1 aliphatic carbocycles. The third kappa shape index (κ3) is 5.06. The molecule has 0 spiro atoms. The molecular weight excluding hydrogens is 250 g/mol. The van der Waals surface area contributed by atoms with Gasteiger partial charge in [-0.05, 0) is 31.8 Å². The zero-order chi connectivity index (χ0) is 15.1. The molecule has 118 valence electrons. The lowest BCUT2D eigenvalue weighted by molar-refractivity contribution is -0.136. The van der Waals surface area contributed by atoms with Crippen LogP contribution in [0, 0.1) is 11.8 Å².